The van der Waals surface area contributed by atoms with Gasteiger partial charge in [0.05, 0.1) is 6.04 Å². The lowest BCUT2D eigenvalue weighted by atomic mass is 9.67. The number of Topliss-reactive ketones (excluding diaryl/α,β-unsaturated/α-hetero) is 1. The third-order valence-electron chi connectivity index (χ3n) is 5.54. The lowest BCUT2D eigenvalue weighted by Crippen LogP contribution is -2.53. The summed E-state index contributed by atoms with van der Waals surface area (Å²) in [6, 6.07) is 18.3. The highest BCUT2D eigenvalue weighted by Gasteiger charge is 2.66. The average molecular weight is 321 g/mol. The van der Waals surface area contributed by atoms with Crippen LogP contribution in [-0.2, 0) is 9.59 Å². The Labute approximate surface area is 140 Å². The molecule has 1 amide bonds. The van der Waals surface area contributed by atoms with Crippen LogP contribution >= 0.6 is 0 Å². The molecule has 1 saturated heterocycles. The van der Waals surface area contributed by atoms with E-state index in [0.29, 0.717) is 12.1 Å². The minimum absolute atomic E-state index is 0.0310. The predicted octanol–water partition coefficient (Wildman–Crippen LogP) is 2.53. The van der Waals surface area contributed by atoms with Gasteiger partial charge in [-0.05, 0) is 30.0 Å². The molecule has 0 unspecified atom stereocenters. The van der Waals surface area contributed by atoms with Crippen LogP contribution in [0.5, 0.6) is 0 Å². The molecule has 24 heavy (non-hydrogen) atoms. The summed E-state index contributed by atoms with van der Waals surface area (Å²) in [5, 5.41) is 11.0. The van der Waals surface area contributed by atoms with Gasteiger partial charge in [-0.1, -0.05) is 55.5 Å². The highest BCUT2D eigenvalue weighted by Crippen LogP contribution is 2.49. The molecule has 1 N–H and O–H groups in total. The summed E-state index contributed by atoms with van der Waals surface area (Å²) in [6.45, 7) is 1.80. The Bertz CT molecular complexity index is 789. The third-order valence-corrected chi connectivity index (χ3v) is 5.54. The van der Waals surface area contributed by atoms with E-state index in [-0.39, 0.29) is 11.7 Å². The zero-order valence-corrected chi connectivity index (χ0v) is 13.4. The van der Waals surface area contributed by atoms with E-state index in [1.54, 1.807) is 19.1 Å². The second-order valence-electron chi connectivity index (χ2n) is 6.70. The van der Waals surface area contributed by atoms with Gasteiger partial charge in [0.1, 0.15) is 0 Å². The standard InChI is InChI=1S/C20H19NO3/c1-13-16(14-8-4-2-5-9-14)12-17-18(22)20(13,24)19(23)21(17)15-10-6-3-7-11-15/h2-11,13,16-17,24H,12H2,1H3/t13-,16-,17+,20-/m1/s1. The Hall–Kier alpha value is -2.46. The van der Waals surface area contributed by atoms with Crippen molar-refractivity contribution in [3.05, 3.63) is 66.2 Å². The lowest BCUT2D eigenvalue weighted by molar-refractivity contribution is -0.153. The SMILES string of the molecule is C[C@@H]1[C@H](c2ccccc2)C[C@H]2C(=O)[C@@]1(O)C(=O)N2c1ccccc1. The van der Waals surface area contributed by atoms with Crippen LogP contribution in [-0.4, -0.2) is 28.4 Å². The van der Waals surface area contributed by atoms with Crippen LogP contribution in [0.2, 0.25) is 0 Å². The van der Waals surface area contributed by atoms with Gasteiger partial charge in [0.2, 0.25) is 5.60 Å². The third kappa shape index (κ3) is 1.89. The molecule has 4 rings (SSSR count). The Kier molecular flexibility index (Phi) is 3.32. The quantitative estimate of drug-likeness (QED) is 0.865. The molecule has 4 nitrogen and oxygen atoms in total. The van der Waals surface area contributed by atoms with Crippen LogP contribution in [0.4, 0.5) is 5.69 Å². The van der Waals surface area contributed by atoms with E-state index in [2.05, 4.69) is 0 Å². The number of amides is 1. The maximum absolute atomic E-state index is 13.0. The Balaban J connectivity index is 1.80. The van der Waals surface area contributed by atoms with Gasteiger partial charge < -0.3 is 5.11 Å². The van der Waals surface area contributed by atoms with Crippen LogP contribution in [0.25, 0.3) is 0 Å². The van der Waals surface area contributed by atoms with Gasteiger partial charge in [0.25, 0.3) is 5.91 Å². The smallest absolute Gasteiger partial charge is 0.267 e. The van der Waals surface area contributed by atoms with Crippen LogP contribution < -0.4 is 4.90 Å². The molecule has 2 aromatic rings. The lowest BCUT2D eigenvalue weighted by Gasteiger charge is -2.37. The fourth-order valence-corrected chi connectivity index (χ4v) is 4.18. The van der Waals surface area contributed by atoms with Gasteiger partial charge in [0.15, 0.2) is 5.78 Å². The van der Waals surface area contributed by atoms with Crippen LogP contribution in [0, 0.1) is 5.92 Å². The number of rotatable bonds is 2. The van der Waals surface area contributed by atoms with Crippen molar-refractivity contribution in [2.45, 2.75) is 30.9 Å². The summed E-state index contributed by atoms with van der Waals surface area (Å²) >= 11 is 0. The molecule has 0 aromatic heterocycles. The molecule has 1 aliphatic heterocycles. The first-order valence-corrected chi connectivity index (χ1v) is 8.25. The van der Waals surface area contributed by atoms with Gasteiger partial charge >= 0.3 is 0 Å². The molecule has 4 atom stereocenters. The highest BCUT2D eigenvalue weighted by molar-refractivity contribution is 6.26. The van der Waals surface area contributed by atoms with Crippen LogP contribution in [0.3, 0.4) is 0 Å². The van der Waals surface area contributed by atoms with Crippen LogP contribution in [0.1, 0.15) is 24.8 Å². The maximum Gasteiger partial charge on any atom is 0.267 e. The first kappa shape index (κ1) is 15.1. The van der Waals surface area contributed by atoms with E-state index < -0.39 is 23.5 Å². The number of anilines is 1. The molecule has 1 heterocycles. The first-order valence-electron chi connectivity index (χ1n) is 8.25. The minimum atomic E-state index is -1.93. The van der Waals surface area contributed by atoms with Crippen molar-refractivity contribution < 1.29 is 14.7 Å². The first-order chi connectivity index (χ1) is 11.5. The van der Waals surface area contributed by atoms with E-state index in [4.69, 9.17) is 0 Å². The van der Waals surface area contributed by atoms with Gasteiger partial charge in [-0.15, -0.1) is 0 Å². The number of benzene rings is 2. The average Bonchev–Trinajstić information content (AvgIpc) is 2.76. The van der Waals surface area contributed by atoms with Crippen molar-refractivity contribution in [3.63, 3.8) is 0 Å². The molecule has 2 aromatic carbocycles. The number of hydrogen-bond acceptors (Lipinski definition) is 3. The van der Waals surface area contributed by atoms with E-state index in [9.17, 15) is 14.7 Å². The monoisotopic (exact) mass is 321 g/mol. The van der Waals surface area contributed by atoms with Crippen LogP contribution in [0.15, 0.2) is 60.7 Å². The van der Waals surface area contributed by atoms with Crippen molar-refractivity contribution in [2.24, 2.45) is 5.92 Å². The zero-order chi connectivity index (χ0) is 16.9. The zero-order valence-electron chi connectivity index (χ0n) is 13.4. The topological polar surface area (TPSA) is 57.6 Å². The van der Waals surface area contributed by atoms with Gasteiger partial charge in [-0.3, -0.25) is 14.5 Å². The van der Waals surface area contributed by atoms with Crippen molar-refractivity contribution >= 4 is 17.4 Å². The molecule has 1 aliphatic carbocycles. The predicted molar refractivity (Wildman–Crippen MR) is 90.6 cm³/mol. The molecular weight excluding hydrogens is 302 g/mol. The summed E-state index contributed by atoms with van der Waals surface area (Å²) in [4.78, 5) is 27.2. The Morgan fingerprint density at radius 3 is 2.21 bits per heavy atom. The number of para-hydroxylation sites is 1. The molecule has 0 radical (unpaired) electrons. The summed E-state index contributed by atoms with van der Waals surface area (Å²) in [6.07, 6.45) is 0.535. The summed E-state index contributed by atoms with van der Waals surface area (Å²) in [5.41, 5.74) is -0.208. The minimum Gasteiger partial charge on any atom is -0.373 e. The molecule has 2 aliphatic rings. The summed E-state index contributed by atoms with van der Waals surface area (Å²) in [7, 11) is 0. The summed E-state index contributed by atoms with van der Waals surface area (Å²) in [5.74, 6) is -1.34. The number of fused-ring (bicyclic) bond motifs is 2. The number of carbonyl (C=O) groups excluding carboxylic acids is 2. The number of ketones is 1. The van der Waals surface area contributed by atoms with Gasteiger partial charge in [-0.25, -0.2) is 0 Å². The molecular formula is C20H19NO3. The van der Waals surface area contributed by atoms with Gasteiger partial charge in [-0.2, -0.15) is 0 Å². The van der Waals surface area contributed by atoms with Crippen molar-refractivity contribution in [3.8, 4) is 0 Å². The fourth-order valence-electron chi connectivity index (χ4n) is 4.18. The molecule has 122 valence electrons. The molecule has 0 spiro atoms. The van der Waals surface area contributed by atoms with E-state index >= 15 is 0 Å². The Morgan fingerprint density at radius 2 is 1.58 bits per heavy atom. The number of carbonyl (C=O) groups is 2. The second-order valence-corrected chi connectivity index (χ2v) is 6.70. The van der Waals surface area contributed by atoms with E-state index in [1.807, 2.05) is 48.5 Å². The van der Waals surface area contributed by atoms with Crippen molar-refractivity contribution in [2.75, 3.05) is 4.90 Å². The normalized spacial score (nSPS) is 32.2. The number of aliphatic hydroxyl groups is 1. The van der Waals surface area contributed by atoms with Crippen molar-refractivity contribution in [1.29, 1.82) is 0 Å². The van der Waals surface area contributed by atoms with Crippen molar-refractivity contribution in [1.82, 2.24) is 0 Å². The molecule has 4 heteroatoms. The summed E-state index contributed by atoms with van der Waals surface area (Å²) < 4.78 is 0. The van der Waals surface area contributed by atoms with E-state index in [1.165, 1.54) is 4.90 Å². The molecule has 2 bridgehead atoms. The molecule has 1 saturated carbocycles. The number of nitrogens with zero attached hydrogens (tertiary/aromatic N) is 1. The second kappa shape index (κ2) is 5.28. The largest absolute Gasteiger partial charge is 0.373 e. The molecule has 2 fully saturated rings. The van der Waals surface area contributed by atoms with Gasteiger partial charge in [0, 0.05) is 11.6 Å². The fraction of sp³-hybridized carbons (Fsp3) is 0.300. The Morgan fingerprint density at radius 1 is 1.00 bits per heavy atom. The number of hydrogen-bond donors (Lipinski definition) is 1. The maximum atomic E-state index is 13.0. The van der Waals surface area contributed by atoms with E-state index in [0.717, 1.165) is 5.56 Å². The highest BCUT2D eigenvalue weighted by atomic mass is 16.3.